The maximum absolute atomic E-state index is 11.6. The zero-order valence-corrected chi connectivity index (χ0v) is 11.4. The molecule has 0 unspecified atom stereocenters. The van der Waals surface area contributed by atoms with Crippen LogP contribution in [0.5, 0.6) is 0 Å². The maximum Gasteiger partial charge on any atom is 0.287 e. The van der Waals surface area contributed by atoms with Crippen molar-refractivity contribution in [3.8, 4) is 0 Å². The van der Waals surface area contributed by atoms with E-state index in [1.165, 1.54) is 0 Å². The molecule has 0 aliphatic heterocycles. The lowest BCUT2D eigenvalue weighted by molar-refractivity contribution is 0.0950. The minimum absolute atomic E-state index is 0.255. The molecule has 0 bridgehead atoms. The molecule has 0 radical (unpaired) electrons. The van der Waals surface area contributed by atoms with Gasteiger partial charge in [-0.15, -0.1) is 0 Å². The van der Waals surface area contributed by atoms with Crippen molar-refractivity contribution in [3.63, 3.8) is 0 Å². The summed E-state index contributed by atoms with van der Waals surface area (Å²) in [7, 11) is 0. The van der Waals surface area contributed by atoms with Crippen LogP contribution in [0.25, 0.3) is 0 Å². The van der Waals surface area contributed by atoms with Crippen molar-refractivity contribution in [1.29, 1.82) is 0 Å². The molecule has 0 saturated heterocycles. The normalized spacial score (nSPS) is 11.3. The van der Waals surface area contributed by atoms with Gasteiger partial charge < -0.3 is 4.98 Å². The number of hydrogen-bond donors (Lipinski definition) is 2. The lowest BCUT2D eigenvalue weighted by Gasteiger charge is -2.02. The molecule has 0 fully saturated rings. The van der Waals surface area contributed by atoms with Crippen molar-refractivity contribution in [3.05, 3.63) is 58.3 Å². The molecule has 0 saturated carbocycles. The van der Waals surface area contributed by atoms with Crippen LogP contribution in [-0.4, -0.2) is 16.6 Å². The first-order valence-corrected chi connectivity index (χ1v) is 6.20. The minimum Gasteiger partial charge on any atom is -0.357 e. The third kappa shape index (κ3) is 3.07. The molecule has 1 aromatic heterocycles. The second-order valence-electron chi connectivity index (χ2n) is 3.73. The number of hydrazone groups is 1. The lowest BCUT2D eigenvalue weighted by atomic mass is 10.1. The Morgan fingerprint density at radius 1 is 1.33 bits per heavy atom. The molecule has 92 valence electrons. The molecular formula is C13H12BrN3O. The van der Waals surface area contributed by atoms with E-state index < -0.39 is 0 Å². The molecule has 0 spiro atoms. The summed E-state index contributed by atoms with van der Waals surface area (Å²) in [4.78, 5) is 14.5. The van der Waals surface area contributed by atoms with E-state index >= 15 is 0 Å². The van der Waals surface area contributed by atoms with Crippen LogP contribution in [0.1, 0.15) is 23.0 Å². The van der Waals surface area contributed by atoms with Crippen LogP contribution in [-0.2, 0) is 0 Å². The molecular weight excluding hydrogens is 294 g/mol. The number of hydrogen-bond acceptors (Lipinski definition) is 2. The summed E-state index contributed by atoms with van der Waals surface area (Å²) in [5.41, 5.74) is 4.69. The van der Waals surface area contributed by atoms with Gasteiger partial charge in [-0.2, -0.15) is 5.10 Å². The van der Waals surface area contributed by atoms with Crippen LogP contribution in [0.15, 0.2) is 52.2 Å². The number of nitrogens with one attached hydrogen (secondary N) is 2. The summed E-state index contributed by atoms with van der Waals surface area (Å²) in [5, 5.41) is 4.07. The highest BCUT2D eigenvalue weighted by Gasteiger charge is 2.04. The number of carbonyl (C=O) groups is 1. The average molecular weight is 306 g/mol. The second-order valence-corrected chi connectivity index (χ2v) is 4.65. The molecule has 5 heteroatoms. The predicted octanol–water partition coefficient (Wildman–Crippen LogP) is 2.93. The van der Waals surface area contributed by atoms with E-state index in [0.717, 1.165) is 15.7 Å². The first-order valence-electron chi connectivity index (χ1n) is 5.41. The molecule has 2 rings (SSSR count). The summed E-state index contributed by atoms with van der Waals surface area (Å²) in [6.45, 7) is 1.84. The zero-order valence-electron chi connectivity index (χ0n) is 9.77. The topological polar surface area (TPSA) is 57.2 Å². The van der Waals surface area contributed by atoms with Crippen molar-refractivity contribution in [2.45, 2.75) is 6.92 Å². The second kappa shape index (κ2) is 5.64. The monoisotopic (exact) mass is 305 g/mol. The third-order valence-electron chi connectivity index (χ3n) is 2.41. The van der Waals surface area contributed by atoms with Gasteiger partial charge >= 0.3 is 0 Å². The van der Waals surface area contributed by atoms with E-state index in [-0.39, 0.29) is 5.91 Å². The molecule has 2 aromatic rings. The van der Waals surface area contributed by atoms with Crippen molar-refractivity contribution >= 4 is 27.5 Å². The molecule has 4 nitrogen and oxygen atoms in total. The molecule has 2 N–H and O–H groups in total. The fraction of sp³-hybridized carbons (Fsp3) is 0.0769. The van der Waals surface area contributed by atoms with Gasteiger partial charge in [-0.3, -0.25) is 4.79 Å². The first-order chi connectivity index (χ1) is 8.66. The average Bonchev–Trinajstić information content (AvgIpc) is 2.89. The van der Waals surface area contributed by atoms with E-state index in [2.05, 4.69) is 31.4 Å². The van der Waals surface area contributed by atoms with E-state index in [1.807, 2.05) is 31.2 Å². The first kappa shape index (κ1) is 12.6. The number of halogens is 1. The number of amides is 1. The summed E-state index contributed by atoms with van der Waals surface area (Å²) in [6.07, 6.45) is 1.69. The van der Waals surface area contributed by atoms with E-state index in [9.17, 15) is 4.79 Å². The van der Waals surface area contributed by atoms with E-state index in [0.29, 0.717) is 5.69 Å². The van der Waals surface area contributed by atoms with Gasteiger partial charge in [0.25, 0.3) is 5.91 Å². The molecule has 1 heterocycles. The van der Waals surface area contributed by atoms with Crippen molar-refractivity contribution in [2.24, 2.45) is 5.10 Å². The Morgan fingerprint density at radius 2 is 2.17 bits per heavy atom. The molecule has 1 amide bonds. The van der Waals surface area contributed by atoms with Gasteiger partial charge in [-0.05, 0) is 36.8 Å². The standard InChI is InChI=1S/C13H12BrN3O/c1-9(10-4-2-5-11(14)8-10)16-17-13(18)12-6-3-7-15-12/h2-8,15H,1H3,(H,17,18)/b16-9-. The van der Waals surface area contributed by atoms with Crippen molar-refractivity contribution in [1.82, 2.24) is 10.4 Å². The molecule has 0 atom stereocenters. The smallest absolute Gasteiger partial charge is 0.287 e. The Balaban J connectivity index is 2.08. The highest BCUT2D eigenvalue weighted by Crippen LogP contribution is 2.12. The zero-order chi connectivity index (χ0) is 13.0. The quantitative estimate of drug-likeness (QED) is 0.665. The highest BCUT2D eigenvalue weighted by molar-refractivity contribution is 9.10. The molecule has 1 aromatic carbocycles. The van der Waals surface area contributed by atoms with Crippen molar-refractivity contribution in [2.75, 3.05) is 0 Å². The van der Waals surface area contributed by atoms with Crippen LogP contribution < -0.4 is 5.43 Å². The number of aromatic nitrogens is 1. The van der Waals surface area contributed by atoms with Gasteiger partial charge in [0.2, 0.25) is 0 Å². The Kier molecular flexibility index (Phi) is 3.94. The lowest BCUT2D eigenvalue weighted by Crippen LogP contribution is -2.19. The summed E-state index contributed by atoms with van der Waals surface area (Å²) in [6, 6.07) is 11.2. The van der Waals surface area contributed by atoms with Gasteiger partial charge in [-0.25, -0.2) is 5.43 Å². The van der Waals surface area contributed by atoms with Crippen LogP contribution in [0.2, 0.25) is 0 Å². The van der Waals surface area contributed by atoms with Crippen LogP contribution >= 0.6 is 15.9 Å². The van der Waals surface area contributed by atoms with Gasteiger partial charge in [0.05, 0.1) is 5.71 Å². The Hall–Kier alpha value is -1.88. The Morgan fingerprint density at radius 3 is 2.83 bits per heavy atom. The Labute approximate surface area is 113 Å². The molecule has 0 aliphatic rings. The fourth-order valence-electron chi connectivity index (χ4n) is 1.44. The van der Waals surface area contributed by atoms with Crippen LogP contribution in [0, 0.1) is 0 Å². The van der Waals surface area contributed by atoms with Crippen molar-refractivity contribution < 1.29 is 4.79 Å². The number of rotatable bonds is 3. The number of nitrogens with zero attached hydrogens (tertiary/aromatic N) is 1. The van der Waals surface area contributed by atoms with Gasteiger partial charge in [0.1, 0.15) is 5.69 Å². The van der Waals surface area contributed by atoms with Crippen LogP contribution in [0.4, 0.5) is 0 Å². The summed E-state index contributed by atoms with van der Waals surface area (Å²) < 4.78 is 0.977. The maximum atomic E-state index is 11.6. The number of benzene rings is 1. The Bertz CT molecular complexity index is 576. The SMILES string of the molecule is C/C(=N/NC(=O)c1ccc[nH]1)c1cccc(Br)c1. The van der Waals surface area contributed by atoms with Gasteiger partial charge in [0.15, 0.2) is 0 Å². The number of carbonyl (C=O) groups excluding carboxylic acids is 1. The highest BCUT2D eigenvalue weighted by atomic mass is 79.9. The number of H-pyrrole nitrogens is 1. The van der Waals surface area contributed by atoms with E-state index in [4.69, 9.17) is 0 Å². The largest absolute Gasteiger partial charge is 0.357 e. The predicted molar refractivity (Wildman–Crippen MR) is 74.6 cm³/mol. The van der Waals surface area contributed by atoms with Gasteiger partial charge in [0, 0.05) is 10.7 Å². The third-order valence-corrected chi connectivity index (χ3v) is 2.90. The van der Waals surface area contributed by atoms with E-state index in [1.54, 1.807) is 18.3 Å². The summed E-state index contributed by atoms with van der Waals surface area (Å²) >= 11 is 3.39. The molecule has 18 heavy (non-hydrogen) atoms. The summed E-state index contributed by atoms with van der Waals surface area (Å²) in [5.74, 6) is -0.255. The number of aromatic amines is 1. The molecule has 0 aliphatic carbocycles. The van der Waals surface area contributed by atoms with Gasteiger partial charge in [-0.1, -0.05) is 28.1 Å². The minimum atomic E-state index is -0.255. The fourth-order valence-corrected chi connectivity index (χ4v) is 1.84. The van der Waals surface area contributed by atoms with Crippen LogP contribution in [0.3, 0.4) is 0 Å².